The van der Waals surface area contributed by atoms with Gasteiger partial charge in [-0.05, 0) is 35.4 Å². The number of nitrogens with zero attached hydrogens (tertiary/aromatic N) is 3. The first-order valence-electron chi connectivity index (χ1n) is 11.2. The molecule has 0 radical (unpaired) electrons. The summed E-state index contributed by atoms with van der Waals surface area (Å²) in [5.74, 6) is 1.88. The summed E-state index contributed by atoms with van der Waals surface area (Å²) in [4.78, 5) is 13.9. The van der Waals surface area contributed by atoms with Crippen molar-refractivity contribution in [2.75, 3.05) is 14.2 Å². The summed E-state index contributed by atoms with van der Waals surface area (Å²) in [5, 5.41) is 21.3. The van der Waals surface area contributed by atoms with E-state index < -0.39 is 0 Å². The Labute approximate surface area is 208 Å². The van der Waals surface area contributed by atoms with E-state index in [4.69, 9.17) is 9.47 Å². The van der Waals surface area contributed by atoms with Gasteiger partial charge in [-0.15, -0.1) is 0 Å². The quantitative estimate of drug-likeness (QED) is 0.311. The minimum absolute atomic E-state index is 0.0316. The van der Waals surface area contributed by atoms with Gasteiger partial charge in [-0.2, -0.15) is 0 Å². The Hall–Kier alpha value is -4.91. The molecule has 2 N–H and O–H groups in total. The van der Waals surface area contributed by atoms with Crippen LogP contribution >= 0.6 is 0 Å². The van der Waals surface area contributed by atoms with Crippen molar-refractivity contribution in [3.63, 3.8) is 0 Å². The highest BCUT2D eigenvalue weighted by Crippen LogP contribution is 2.35. The van der Waals surface area contributed by atoms with Gasteiger partial charge in [0.2, 0.25) is 0 Å². The molecule has 36 heavy (non-hydrogen) atoms. The second-order valence-electron chi connectivity index (χ2n) is 8.02. The normalized spacial score (nSPS) is 10.7. The molecule has 0 aliphatic carbocycles. The van der Waals surface area contributed by atoms with Gasteiger partial charge in [0.1, 0.15) is 23.0 Å². The molecule has 7 nitrogen and oxygen atoms in total. The van der Waals surface area contributed by atoms with Crippen molar-refractivity contribution in [1.29, 1.82) is 0 Å². The van der Waals surface area contributed by atoms with Crippen LogP contribution in [0.15, 0.2) is 91.0 Å². The molecule has 0 aliphatic heterocycles. The van der Waals surface area contributed by atoms with Crippen LogP contribution in [0.1, 0.15) is 0 Å². The van der Waals surface area contributed by atoms with Crippen molar-refractivity contribution in [1.82, 2.24) is 15.0 Å². The molecule has 0 unspecified atom stereocenters. The van der Waals surface area contributed by atoms with Crippen molar-refractivity contribution in [2.45, 2.75) is 0 Å². The number of phenolic OH excluding ortho intramolecular Hbond substituents is 2. The first-order chi connectivity index (χ1) is 17.6. The van der Waals surface area contributed by atoms with Crippen molar-refractivity contribution in [2.24, 2.45) is 0 Å². The van der Waals surface area contributed by atoms with Crippen LogP contribution in [0.4, 0.5) is 0 Å². The predicted octanol–water partition coefficient (Wildman–Crippen LogP) is 5.97. The average molecular weight is 478 g/mol. The number of ether oxygens (including phenoxy) is 2. The topological polar surface area (TPSA) is 97.6 Å². The molecule has 0 saturated carbocycles. The number of rotatable bonds is 6. The van der Waals surface area contributed by atoms with Crippen LogP contribution < -0.4 is 9.47 Å². The summed E-state index contributed by atoms with van der Waals surface area (Å²) < 4.78 is 10.4. The Morgan fingerprint density at radius 3 is 1.42 bits per heavy atom. The SMILES string of the molecule is COc1ccc(-c2nc(-c3ccc(-c4ccccc4)cc3)nc(-c3ccc(OC)cc3O)n2)c(O)c1. The second kappa shape index (κ2) is 9.76. The summed E-state index contributed by atoms with van der Waals surface area (Å²) in [6.45, 7) is 0. The Kier molecular flexibility index (Phi) is 6.19. The van der Waals surface area contributed by atoms with Gasteiger partial charge in [-0.1, -0.05) is 54.6 Å². The second-order valence-corrected chi connectivity index (χ2v) is 8.02. The molecule has 5 aromatic rings. The maximum atomic E-state index is 10.6. The Morgan fingerprint density at radius 2 is 0.944 bits per heavy atom. The van der Waals surface area contributed by atoms with Crippen molar-refractivity contribution in [3.8, 4) is 68.3 Å². The van der Waals surface area contributed by atoms with Gasteiger partial charge in [0.15, 0.2) is 17.5 Å². The van der Waals surface area contributed by atoms with Crippen molar-refractivity contribution < 1.29 is 19.7 Å². The molecule has 0 fully saturated rings. The lowest BCUT2D eigenvalue weighted by Crippen LogP contribution is -2.01. The third-order valence-electron chi connectivity index (χ3n) is 5.78. The Bertz CT molecular complexity index is 1450. The third kappa shape index (κ3) is 4.54. The van der Waals surface area contributed by atoms with Crippen LogP contribution in [0.3, 0.4) is 0 Å². The molecular formula is C29H23N3O4. The Balaban J connectivity index is 1.64. The highest BCUT2D eigenvalue weighted by Gasteiger charge is 2.17. The van der Waals surface area contributed by atoms with Crippen LogP contribution in [0.25, 0.3) is 45.3 Å². The highest BCUT2D eigenvalue weighted by molar-refractivity contribution is 5.74. The summed E-state index contributed by atoms with van der Waals surface area (Å²) in [5.41, 5.74) is 3.76. The minimum Gasteiger partial charge on any atom is -0.507 e. The van der Waals surface area contributed by atoms with E-state index in [1.165, 1.54) is 26.4 Å². The zero-order valence-corrected chi connectivity index (χ0v) is 19.7. The zero-order chi connectivity index (χ0) is 25.1. The zero-order valence-electron chi connectivity index (χ0n) is 19.7. The number of phenols is 2. The standard InChI is InChI=1S/C29H23N3O4/c1-35-21-12-14-23(25(33)16-21)28-30-27(20-10-8-19(9-11-20)18-6-4-3-5-7-18)31-29(32-28)24-15-13-22(36-2)17-26(24)34/h3-17,33-34H,1-2H3. The number of benzene rings is 4. The van der Waals surface area contributed by atoms with E-state index in [0.717, 1.165) is 16.7 Å². The van der Waals surface area contributed by atoms with Gasteiger partial charge in [-0.3, -0.25) is 0 Å². The fraction of sp³-hybridized carbons (Fsp3) is 0.0690. The Morgan fingerprint density at radius 1 is 0.500 bits per heavy atom. The van der Waals surface area contributed by atoms with Gasteiger partial charge >= 0.3 is 0 Å². The van der Waals surface area contributed by atoms with E-state index >= 15 is 0 Å². The van der Waals surface area contributed by atoms with E-state index in [2.05, 4.69) is 15.0 Å². The van der Waals surface area contributed by atoms with Crippen LogP contribution in [0, 0.1) is 0 Å². The van der Waals surface area contributed by atoms with Gasteiger partial charge in [0.05, 0.1) is 25.3 Å². The van der Waals surface area contributed by atoms with Crippen LogP contribution in [-0.2, 0) is 0 Å². The van der Waals surface area contributed by atoms with E-state index in [9.17, 15) is 10.2 Å². The lowest BCUT2D eigenvalue weighted by Gasteiger charge is -2.11. The summed E-state index contributed by atoms with van der Waals surface area (Å²) in [6, 6.07) is 27.8. The fourth-order valence-corrected chi connectivity index (χ4v) is 3.84. The number of hydrogen-bond donors (Lipinski definition) is 2. The van der Waals surface area contributed by atoms with Gasteiger partial charge in [-0.25, -0.2) is 15.0 Å². The van der Waals surface area contributed by atoms with E-state index in [1.54, 1.807) is 24.3 Å². The van der Waals surface area contributed by atoms with Gasteiger partial charge < -0.3 is 19.7 Å². The summed E-state index contributed by atoms with van der Waals surface area (Å²) >= 11 is 0. The maximum Gasteiger partial charge on any atom is 0.167 e. The first-order valence-corrected chi connectivity index (χ1v) is 11.2. The summed E-state index contributed by atoms with van der Waals surface area (Å²) in [6.07, 6.45) is 0. The molecule has 4 aromatic carbocycles. The molecule has 0 aliphatic rings. The molecule has 0 atom stereocenters. The molecule has 0 bridgehead atoms. The lowest BCUT2D eigenvalue weighted by molar-refractivity contribution is 0.408. The summed E-state index contributed by atoms with van der Waals surface area (Å²) in [7, 11) is 3.05. The van der Waals surface area contributed by atoms with Crippen LogP contribution in [0.2, 0.25) is 0 Å². The molecule has 178 valence electrons. The largest absolute Gasteiger partial charge is 0.507 e. The molecule has 5 rings (SSSR count). The van der Waals surface area contributed by atoms with E-state index in [-0.39, 0.29) is 23.1 Å². The van der Waals surface area contributed by atoms with E-state index in [0.29, 0.717) is 28.5 Å². The van der Waals surface area contributed by atoms with Crippen LogP contribution in [0.5, 0.6) is 23.0 Å². The van der Waals surface area contributed by atoms with E-state index in [1.807, 2.05) is 54.6 Å². The maximum absolute atomic E-state index is 10.6. The van der Waals surface area contributed by atoms with Gasteiger partial charge in [0.25, 0.3) is 0 Å². The van der Waals surface area contributed by atoms with Crippen LogP contribution in [-0.4, -0.2) is 39.4 Å². The molecule has 0 saturated heterocycles. The average Bonchev–Trinajstić information content (AvgIpc) is 2.93. The number of hydrogen-bond acceptors (Lipinski definition) is 7. The molecule has 0 spiro atoms. The number of aromatic nitrogens is 3. The highest BCUT2D eigenvalue weighted by atomic mass is 16.5. The monoisotopic (exact) mass is 477 g/mol. The molecule has 7 heteroatoms. The number of aromatic hydroxyl groups is 2. The molecular weight excluding hydrogens is 454 g/mol. The van der Waals surface area contributed by atoms with Crippen molar-refractivity contribution >= 4 is 0 Å². The predicted molar refractivity (Wildman–Crippen MR) is 138 cm³/mol. The molecule has 1 aromatic heterocycles. The number of methoxy groups -OCH3 is 2. The third-order valence-corrected chi connectivity index (χ3v) is 5.78. The minimum atomic E-state index is -0.0316. The first kappa shape index (κ1) is 22.9. The fourth-order valence-electron chi connectivity index (χ4n) is 3.84. The molecule has 1 heterocycles. The smallest absolute Gasteiger partial charge is 0.167 e. The molecule has 0 amide bonds. The lowest BCUT2D eigenvalue weighted by atomic mass is 10.0. The van der Waals surface area contributed by atoms with Crippen molar-refractivity contribution in [3.05, 3.63) is 91.0 Å². The van der Waals surface area contributed by atoms with Gasteiger partial charge in [0, 0.05) is 17.7 Å².